The van der Waals surface area contributed by atoms with Crippen molar-refractivity contribution in [1.82, 2.24) is 13.9 Å². The maximum atomic E-state index is 12.5. The minimum absolute atomic E-state index is 0.0610. The first-order valence-corrected chi connectivity index (χ1v) is 7.91. The number of nitrogens with zero attached hydrogens (tertiary/aromatic N) is 2. The zero-order chi connectivity index (χ0) is 14.1. The SMILES string of the molecule is CNC(=O)[C@]1(C)CN(S(=O)(=O)N2CCCC2)CCO1. The number of carbonyl (C=O) groups excluding carboxylic acids is 1. The Hall–Kier alpha value is -0.700. The first kappa shape index (κ1) is 14.7. The fourth-order valence-electron chi connectivity index (χ4n) is 2.51. The second-order valence-corrected chi connectivity index (χ2v) is 7.03. The molecule has 2 heterocycles. The van der Waals surface area contributed by atoms with Crippen LogP contribution in [0.2, 0.25) is 0 Å². The maximum Gasteiger partial charge on any atom is 0.282 e. The number of hydrogen-bond donors (Lipinski definition) is 1. The van der Waals surface area contributed by atoms with Crippen molar-refractivity contribution >= 4 is 16.1 Å². The van der Waals surface area contributed by atoms with Crippen molar-refractivity contribution in [2.75, 3.05) is 39.8 Å². The molecule has 2 aliphatic heterocycles. The average molecular weight is 291 g/mol. The average Bonchev–Trinajstić information content (AvgIpc) is 2.92. The van der Waals surface area contributed by atoms with Crippen molar-refractivity contribution in [1.29, 1.82) is 0 Å². The Bertz CT molecular complexity index is 447. The van der Waals surface area contributed by atoms with E-state index >= 15 is 0 Å². The molecule has 1 amide bonds. The van der Waals surface area contributed by atoms with Crippen molar-refractivity contribution in [2.24, 2.45) is 0 Å². The van der Waals surface area contributed by atoms with Gasteiger partial charge in [-0.1, -0.05) is 0 Å². The molecule has 0 aliphatic carbocycles. The van der Waals surface area contributed by atoms with Gasteiger partial charge in [0.2, 0.25) is 0 Å². The topological polar surface area (TPSA) is 79.0 Å². The second-order valence-electron chi connectivity index (χ2n) is 5.11. The maximum absolute atomic E-state index is 12.5. The molecule has 8 heteroatoms. The third-order valence-corrected chi connectivity index (χ3v) is 5.65. The highest BCUT2D eigenvalue weighted by molar-refractivity contribution is 7.86. The molecular weight excluding hydrogens is 270 g/mol. The molecule has 2 fully saturated rings. The van der Waals surface area contributed by atoms with Gasteiger partial charge in [-0.15, -0.1) is 0 Å². The van der Waals surface area contributed by atoms with Crippen LogP contribution in [-0.2, 0) is 19.7 Å². The Kier molecular flexibility index (Phi) is 4.14. The lowest BCUT2D eigenvalue weighted by Gasteiger charge is -2.39. The van der Waals surface area contributed by atoms with Crippen LogP contribution in [0.5, 0.6) is 0 Å². The molecule has 19 heavy (non-hydrogen) atoms. The van der Waals surface area contributed by atoms with Crippen molar-refractivity contribution < 1.29 is 17.9 Å². The number of nitrogens with one attached hydrogen (secondary N) is 1. The first-order chi connectivity index (χ1) is 8.90. The van der Waals surface area contributed by atoms with Crippen LogP contribution in [-0.4, -0.2) is 68.4 Å². The van der Waals surface area contributed by atoms with Gasteiger partial charge >= 0.3 is 0 Å². The predicted molar refractivity (Wildman–Crippen MR) is 69.7 cm³/mol. The highest BCUT2D eigenvalue weighted by atomic mass is 32.2. The quantitative estimate of drug-likeness (QED) is 0.736. The Labute approximate surface area is 114 Å². The smallest absolute Gasteiger partial charge is 0.282 e. The molecule has 0 spiro atoms. The van der Waals surface area contributed by atoms with Gasteiger partial charge in [-0.05, 0) is 19.8 Å². The Morgan fingerprint density at radius 3 is 2.42 bits per heavy atom. The van der Waals surface area contributed by atoms with E-state index in [-0.39, 0.29) is 19.1 Å². The van der Waals surface area contributed by atoms with Crippen molar-refractivity contribution in [3.05, 3.63) is 0 Å². The summed E-state index contributed by atoms with van der Waals surface area (Å²) in [5.74, 6) is -0.297. The summed E-state index contributed by atoms with van der Waals surface area (Å²) in [5.41, 5.74) is -1.11. The first-order valence-electron chi connectivity index (χ1n) is 6.51. The molecule has 1 N–H and O–H groups in total. The summed E-state index contributed by atoms with van der Waals surface area (Å²) in [6.45, 7) is 3.35. The third-order valence-electron chi connectivity index (χ3n) is 3.66. The Balaban J connectivity index is 2.15. The van der Waals surface area contributed by atoms with E-state index in [2.05, 4.69) is 5.32 Å². The number of morpholine rings is 1. The molecule has 0 aromatic heterocycles. The number of ether oxygens (including phenoxy) is 1. The molecule has 0 radical (unpaired) electrons. The van der Waals surface area contributed by atoms with Crippen LogP contribution in [0.25, 0.3) is 0 Å². The van der Waals surface area contributed by atoms with Gasteiger partial charge in [-0.25, -0.2) is 0 Å². The van der Waals surface area contributed by atoms with Crippen molar-refractivity contribution in [3.8, 4) is 0 Å². The molecule has 2 aliphatic rings. The molecule has 2 rings (SSSR count). The summed E-state index contributed by atoms with van der Waals surface area (Å²) in [6.07, 6.45) is 1.80. The van der Waals surface area contributed by atoms with Gasteiger partial charge in [0.25, 0.3) is 16.1 Å². The summed E-state index contributed by atoms with van der Waals surface area (Å²) < 4.78 is 33.2. The zero-order valence-electron chi connectivity index (χ0n) is 11.4. The van der Waals surface area contributed by atoms with Gasteiger partial charge < -0.3 is 10.1 Å². The lowest BCUT2D eigenvalue weighted by atomic mass is 10.0. The van der Waals surface area contributed by atoms with Crippen LogP contribution in [0.3, 0.4) is 0 Å². The zero-order valence-corrected chi connectivity index (χ0v) is 12.2. The summed E-state index contributed by atoms with van der Waals surface area (Å²) in [5, 5.41) is 2.52. The van der Waals surface area contributed by atoms with Gasteiger partial charge in [0.15, 0.2) is 5.60 Å². The molecule has 0 unspecified atom stereocenters. The van der Waals surface area contributed by atoms with Crippen LogP contribution in [0.15, 0.2) is 0 Å². The van der Waals surface area contributed by atoms with E-state index in [9.17, 15) is 13.2 Å². The summed E-state index contributed by atoms with van der Waals surface area (Å²) in [6, 6.07) is 0. The summed E-state index contributed by atoms with van der Waals surface area (Å²) in [7, 11) is -1.95. The minimum atomic E-state index is -3.47. The van der Waals surface area contributed by atoms with E-state index in [1.165, 1.54) is 15.7 Å². The van der Waals surface area contributed by atoms with Crippen molar-refractivity contribution in [2.45, 2.75) is 25.4 Å². The predicted octanol–water partition coefficient (Wildman–Crippen LogP) is -0.836. The largest absolute Gasteiger partial charge is 0.363 e. The van der Waals surface area contributed by atoms with E-state index in [0.717, 1.165) is 12.8 Å². The lowest BCUT2D eigenvalue weighted by molar-refractivity contribution is -0.151. The van der Waals surface area contributed by atoms with Crippen LogP contribution >= 0.6 is 0 Å². The van der Waals surface area contributed by atoms with Gasteiger partial charge in [-0.3, -0.25) is 4.79 Å². The number of amides is 1. The molecule has 1 atom stereocenters. The summed E-state index contributed by atoms with van der Waals surface area (Å²) in [4.78, 5) is 11.8. The third kappa shape index (κ3) is 2.76. The van der Waals surface area contributed by atoms with Gasteiger partial charge in [-0.2, -0.15) is 17.0 Å². The number of likely N-dealkylation sites (N-methyl/N-ethyl adjacent to an activating group) is 1. The molecular formula is C11H21N3O4S. The van der Waals surface area contributed by atoms with Crippen LogP contribution in [0.4, 0.5) is 0 Å². The molecule has 110 valence electrons. The van der Waals surface area contributed by atoms with Crippen molar-refractivity contribution in [3.63, 3.8) is 0 Å². The van der Waals surface area contributed by atoms with Crippen LogP contribution in [0.1, 0.15) is 19.8 Å². The summed E-state index contributed by atoms with van der Waals surface area (Å²) >= 11 is 0. The van der Waals surface area contributed by atoms with Gasteiger partial charge in [0.05, 0.1) is 13.2 Å². The monoisotopic (exact) mass is 291 g/mol. The molecule has 2 saturated heterocycles. The fourth-order valence-corrected chi connectivity index (χ4v) is 4.28. The van der Waals surface area contributed by atoms with E-state index in [0.29, 0.717) is 19.6 Å². The Morgan fingerprint density at radius 2 is 1.84 bits per heavy atom. The van der Waals surface area contributed by atoms with E-state index in [1.807, 2.05) is 0 Å². The van der Waals surface area contributed by atoms with E-state index < -0.39 is 15.8 Å². The highest BCUT2D eigenvalue weighted by Crippen LogP contribution is 2.23. The molecule has 0 bridgehead atoms. The molecule has 0 saturated carbocycles. The standard InChI is InChI=1S/C11H21N3O4S/c1-11(10(15)12-2)9-14(7-8-18-11)19(16,17)13-5-3-4-6-13/h3-9H2,1-2H3,(H,12,15)/t11-/m0/s1. The number of rotatable bonds is 3. The lowest BCUT2D eigenvalue weighted by Crippen LogP contribution is -2.60. The minimum Gasteiger partial charge on any atom is -0.363 e. The molecule has 0 aromatic rings. The number of carbonyl (C=O) groups is 1. The Morgan fingerprint density at radius 1 is 1.21 bits per heavy atom. The van der Waals surface area contributed by atoms with Gasteiger partial charge in [0, 0.05) is 26.7 Å². The van der Waals surface area contributed by atoms with Gasteiger partial charge in [0.1, 0.15) is 0 Å². The fraction of sp³-hybridized carbons (Fsp3) is 0.909. The highest BCUT2D eigenvalue weighted by Gasteiger charge is 2.44. The normalized spacial score (nSPS) is 30.4. The van der Waals surface area contributed by atoms with E-state index in [1.54, 1.807) is 6.92 Å². The van der Waals surface area contributed by atoms with E-state index in [4.69, 9.17) is 4.74 Å². The van der Waals surface area contributed by atoms with Crippen LogP contribution in [0, 0.1) is 0 Å². The second kappa shape index (κ2) is 5.35. The molecule has 7 nitrogen and oxygen atoms in total. The number of hydrogen-bond acceptors (Lipinski definition) is 4. The molecule has 0 aromatic carbocycles. The van der Waals surface area contributed by atoms with Crippen LogP contribution < -0.4 is 5.32 Å².